The largest absolute Gasteiger partial charge is 0.497 e. The van der Waals surface area contributed by atoms with Gasteiger partial charge in [-0.2, -0.15) is 0 Å². The number of hydrogen-bond donors (Lipinski definition) is 3. The van der Waals surface area contributed by atoms with Gasteiger partial charge in [-0.15, -0.1) is 0 Å². The molecule has 42 heavy (non-hydrogen) atoms. The fourth-order valence-corrected chi connectivity index (χ4v) is 7.14. The average molecular weight is 580 g/mol. The molecule has 2 aromatic carbocycles. The van der Waals surface area contributed by atoms with Crippen molar-refractivity contribution in [2.24, 2.45) is 17.8 Å². The molecule has 3 N–H and O–H groups in total. The summed E-state index contributed by atoms with van der Waals surface area (Å²) in [5, 5.41) is 16.4. The first-order valence-electron chi connectivity index (χ1n) is 14.7. The third kappa shape index (κ3) is 4.90. The fraction of sp³-hybridized carbons (Fsp3) is 0.531. The fourth-order valence-electron chi connectivity index (χ4n) is 7.14. The molecule has 3 aliphatic rings. The standard InChI is InChI=1S/C32H41N3O7/c1-6-19(3)24(18-36)35-27(29(38)34-21-8-12-22(40-5)13-9-21)32-17-16-31(4,42-32)25(26(32)30(35)39)28(37)33-20-10-14-23(15-11-20)41-7-2/h8-15,19,24-27,36H,6-7,16-18H2,1-5H3,(H,33,37)(H,34,38)/t19-,24-,25-,26-,27?,31+,32?/m0/s1. The third-order valence-electron chi connectivity index (χ3n) is 9.38. The number of carbonyl (C=O) groups is 3. The Kier molecular flexibility index (Phi) is 8.22. The zero-order valence-electron chi connectivity index (χ0n) is 24.9. The van der Waals surface area contributed by atoms with Crippen LogP contribution >= 0.6 is 0 Å². The van der Waals surface area contributed by atoms with Crippen LogP contribution in [-0.2, 0) is 19.1 Å². The molecule has 2 unspecified atom stereocenters. The summed E-state index contributed by atoms with van der Waals surface area (Å²) in [5.74, 6) is -1.51. The summed E-state index contributed by atoms with van der Waals surface area (Å²) in [4.78, 5) is 44.0. The zero-order valence-corrected chi connectivity index (χ0v) is 24.9. The summed E-state index contributed by atoms with van der Waals surface area (Å²) in [6, 6.07) is 12.4. The van der Waals surface area contributed by atoms with Crippen molar-refractivity contribution in [1.29, 1.82) is 0 Å². The smallest absolute Gasteiger partial charge is 0.250 e. The molecule has 3 fully saturated rings. The van der Waals surface area contributed by atoms with Crippen molar-refractivity contribution >= 4 is 29.1 Å². The summed E-state index contributed by atoms with van der Waals surface area (Å²) in [6.45, 7) is 7.91. The highest BCUT2D eigenvalue weighted by atomic mass is 16.5. The lowest BCUT2D eigenvalue weighted by Gasteiger charge is -2.39. The molecule has 0 aromatic heterocycles. The Hall–Kier alpha value is -3.63. The number of rotatable bonds is 11. The van der Waals surface area contributed by atoms with Gasteiger partial charge >= 0.3 is 0 Å². The minimum Gasteiger partial charge on any atom is -0.497 e. The quantitative estimate of drug-likeness (QED) is 0.369. The molecule has 2 aromatic rings. The second-order valence-electron chi connectivity index (χ2n) is 11.8. The number of likely N-dealkylation sites (tertiary alicyclic amines) is 1. The molecule has 3 heterocycles. The minimum absolute atomic E-state index is 0.0885. The molecule has 3 aliphatic heterocycles. The summed E-state index contributed by atoms with van der Waals surface area (Å²) in [5.41, 5.74) is -1.01. The van der Waals surface area contributed by atoms with Crippen LogP contribution in [0.25, 0.3) is 0 Å². The second-order valence-corrected chi connectivity index (χ2v) is 11.8. The van der Waals surface area contributed by atoms with E-state index < -0.39 is 41.0 Å². The molecule has 10 nitrogen and oxygen atoms in total. The van der Waals surface area contributed by atoms with Crippen LogP contribution in [0.3, 0.4) is 0 Å². The molecule has 0 saturated carbocycles. The highest BCUT2D eigenvalue weighted by Crippen LogP contribution is 2.63. The number of nitrogens with one attached hydrogen (secondary N) is 2. The lowest BCUT2D eigenvalue weighted by molar-refractivity contribution is -0.148. The maximum Gasteiger partial charge on any atom is 0.250 e. The van der Waals surface area contributed by atoms with E-state index in [9.17, 15) is 19.5 Å². The highest BCUT2D eigenvalue weighted by molar-refractivity contribution is 6.05. The molecule has 3 saturated heterocycles. The maximum atomic E-state index is 14.4. The Morgan fingerprint density at radius 1 is 1.02 bits per heavy atom. The van der Waals surface area contributed by atoms with Crippen LogP contribution in [0.2, 0.25) is 0 Å². The van der Waals surface area contributed by atoms with Crippen molar-refractivity contribution in [3.8, 4) is 11.5 Å². The van der Waals surface area contributed by atoms with Crippen LogP contribution < -0.4 is 20.1 Å². The van der Waals surface area contributed by atoms with Gasteiger partial charge in [-0.05, 0) is 81.1 Å². The summed E-state index contributed by atoms with van der Waals surface area (Å²) >= 11 is 0. The van der Waals surface area contributed by atoms with Gasteiger partial charge in [0.2, 0.25) is 17.7 Å². The first kappa shape index (κ1) is 29.8. The number of nitrogens with zero attached hydrogens (tertiary/aromatic N) is 1. The van der Waals surface area contributed by atoms with Gasteiger partial charge in [-0.3, -0.25) is 14.4 Å². The SMILES string of the molecule is CCOc1ccc(NC(=O)[C@@H]2[C@H]3C(=O)N([C@@H](CO)[C@@H](C)CC)C(C(=O)Nc4ccc(OC)cc4)C34CC[C@@]2(C)O4)cc1. The number of fused-ring (bicyclic) bond motifs is 1. The highest BCUT2D eigenvalue weighted by Gasteiger charge is 2.78. The van der Waals surface area contributed by atoms with Gasteiger partial charge in [-0.1, -0.05) is 20.3 Å². The number of benzene rings is 2. The van der Waals surface area contributed by atoms with E-state index in [1.807, 2.05) is 27.7 Å². The van der Waals surface area contributed by atoms with E-state index in [1.165, 1.54) is 4.90 Å². The van der Waals surface area contributed by atoms with Gasteiger partial charge in [0.15, 0.2) is 0 Å². The molecule has 5 rings (SSSR count). The molecular formula is C32H41N3O7. The zero-order chi connectivity index (χ0) is 30.2. The van der Waals surface area contributed by atoms with E-state index >= 15 is 0 Å². The number of amides is 3. The van der Waals surface area contributed by atoms with E-state index in [0.717, 1.165) is 0 Å². The van der Waals surface area contributed by atoms with Gasteiger partial charge in [0, 0.05) is 11.4 Å². The van der Waals surface area contributed by atoms with Crippen LogP contribution in [0.1, 0.15) is 47.0 Å². The first-order chi connectivity index (χ1) is 20.1. The molecule has 0 aliphatic carbocycles. The lowest BCUT2D eigenvalue weighted by Crippen LogP contribution is -2.57. The summed E-state index contributed by atoms with van der Waals surface area (Å²) < 4.78 is 17.4. The average Bonchev–Trinajstić information content (AvgIpc) is 3.55. The molecule has 7 atom stereocenters. The molecule has 3 amide bonds. The maximum absolute atomic E-state index is 14.4. The molecule has 0 radical (unpaired) electrons. The van der Waals surface area contributed by atoms with Crippen LogP contribution in [0.15, 0.2) is 48.5 Å². The summed E-state index contributed by atoms with van der Waals surface area (Å²) in [6.07, 6.45) is 1.66. The second kappa shape index (κ2) is 11.6. The van der Waals surface area contributed by atoms with Crippen LogP contribution in [0.5, 0.6) is 11.5 Å². The third-order valence-corrected chi connectivity index (χ3v) is 9.38. The predicted molar refractivity (Wildman–Crippen MR) is 157 cm³/mol. The number of aliphatic hydroxyl groups is 1. The van der Waals surface area contributed by atoms with Crippen molar-refractivity contribution < 1.29 is 33.7 Å². The Balaban J connectivity index is 1.50. The molecule has 226 valence electrons. The van der Waals surface area contributed by atoms with Gasteiger partial charge in [0.25, 0.3) is 0 Å². The number of anilines is 2. The van der Waals surface area contributed by atoms with Gasteiger partial charge in [0.05, 0.1) is 43.8 Å². The predicted octanol–water partition coefficient (Wildman–Crippen LogP) is 3.84. The number of methoxy groups -OCH3 is 1. The topological polar surface area (TPSA) is 126 Å². The van der Waals surface area contributed by atoms with E-state index in [0.29, 0.717) is 48.7 Å². The van der Waals surface area contributed by atoms with Gasteiger partial charge < -0.3 is 34.9 Å². The van der Waals surface area contributed by atoms with Gasteiger partial charge in [-0.25, -0.2) is 0 Å². The Morgan fingerprint density at radius 2 is 1.62 bits per heavy atom. The van der Waals surface area contributed by atoms with Crippen LogP contribution in [-0.4, -0.2) is 71.3 Å². The Bertz CT molecular complexity index is 1320. The van der Waals surface area contributed by atoms with Crippen LogP contribution in [0, 0.1) is 17.8 Å². The van der Waals surface area contributed by atoms with Crippen molar-refractivity contribution in [3.63, 3.8) is 0 Å². The van der Waals surface area contributed by atoms with Crippen molar-refractivity contribution in [2.75, 3.05) is 31.0 Å². The number of hydrogen-bond acceptors (Lipinski definition) is 7. The van der Waals surface area contributed by atoms with Crippen molar-refractivity contribution in [3.05, 3.63) is 48.5 Å². The van der Waals surface area contributed by atoms with Crippen LogP contribution in [0.4, 0.5) is 11.4 Å². The number of carbonyl (C=O) groups excluding carboxylic acids is 3. The monoisotopic (exact) mass is 579 g/mol. The number of ether oxygens (including phenoxy) is 3. The molecule has 2 bridgehead atoms. The van der Waals surface area contributed by atoms with Crippen molar-refractivity contribution in [1.82, 2.24) is 4.90 Å². The van der Waals surface area contributed by atoms with E-state index in [4.69, 9.17) is 14.2 Å². The lowest BCUT2D eigenvalue weighted by atomic mass is 9.66. The Labute approximate surface area is 246 Å². The molecular weight excluding hydrogens is 538 g/mol. The van der Waals surface area contributed by atoms with E-state index in [-0.39, 0.29) is 24.3 Å². The minimum atomic E-state index is -1.20. The van der Waals surface area contributed by atoms with E-state index in [1.54, 1.807) is 55.6 Å². The normalized spacial score (nSPS) is 29.1. The molecule has 1 spiro atoms. The summed E-state index contributed by atoms with van der Waals surface area (Å²) in [7, 11) is 1.57. The van der Waals surface area contributed by atoms with Crippen molar-refractivity contribution in [2.45, 2.75) is 70.2 Å². The number of aliphatic hydroxyl groups excluding tert-OH is 1. The Morgan fingerprint density at radius 3 is 2.17 bits per heavy atom. The van der Waals surface area contributed by atoms with Gasteiger partial charge in [0.1, 0.15) is 23.1 Å². The molecule has 10 heteroatoms. The van der Waals surface area contributed by atoms with E-state index in [2.05, 4.69) is 10.6 Å². The first-order valence-corrected chi connectivity index (χ1v) is 14.7.